The molecule has 1 N–H and O–H groups in total. The van der Waals surface area contributed by atoms with Gasteiger partial charge in [-0.15, -0.1) is 11.3 Å². The maximum absolute atomic E-state index is 4.58. The number of benzene rings is 1. The summed E-state index contributed by atoms with van der Waals surface area (Å²) in [6.07, 6.45) is 1.00. The molecule has 0 fully saturated rings. The van der Waals surface area contributed by atoms with Gasteiger partial charge in [0, 0.05) is 11.5 Å². The fourth-order valence-corrected chi connectivity index (χ4v) is 2.97. The van der Waals surface area contributed by atoms with Crippen molar-refractivity contribution in [2.24, 2.45) is 0 Å². The standard InChI is InChI=1S/C10H11BrN2S/c1-3-9-13-10-7(12-2)4-6(11)5-8(10)14-9/h4-5,12H,3H2,1-2H3. The number of anilines is 1. The fraction of sp³-hybridized carbons (Fsp3) is 0.300. The minimum Gasteiger partial charge on any atom is -0.386 e. The van der Waals surface area contributed by atoms with Gasteiger partial charge >= 0.3 is 0 Å². The van der Waals surface area contributed by atoms with E-state index in [1.54, 1.807) is 11.3 Å². The molecule has 0 saturated heterocycles. The second-order valence-electron chi connectivity index (χ2n) is 3.01. The number of hydrogen-bond acceptors (Lipinski definition) is 3. The van der Waals surface area contributed by atoms with Crippen molar-refractivity contribution in [3.63, 3.8) is 0 Å². The number of hydrogen-bond donors (Lipinski definition) is 1. The molecule has 0 radical (unpaired) electrons. The predicted molar refractivity (Wildman–Crippen MR) is 66.2 cm³/mol. The molecular formula is C10H11BrN2S. The van der Waals surface area contributed by atoms with Gasteiger partial charge in [0.15, 0.2) is 0 Å². The molecule has 2 nitrogen and oxygen atoms in total. The van der Waals surface area contributed by atoms with E-state index >= 15 is 0 Å². The summed E-state index contributed by atoms with van der Waals surface area (Å²) in [6, 6.07) is 4.18. The Bertz CT molecular complexity index is 464. The van der Waals surface area contributed by atoms with Crippen LogP contribution >= 0.6 is 27.3 Å². The van der Waals surface area contributed by atoms with Gasteiger partial charge in [-0.1, -0.05) is 22.9 Å². The van der Waals surface area contributed by atoms with Gasteiger partial charge in [0.05, 0.1) is 15.4 Å². The zero-order chi connectivity index (χ0) is 10.1. The topological polar surface area (TPSA) is 24.9 Å². The van der Waals surface area contributed by atoms with E-state index in [0.717, 1.165) is 22.1 Å². The third-order valence-electron chi connectivity index (χ3n) is 2.08. The molecule has 0 aliphatic rings. The molecule has 14 heavy (non-hydrogen) atoms. The number of aryl methyl sites for hydroxylation is 1. The average Bonchev–Trinajstić information content (AvgIpc) is 2.59. The number of aromatic nitrogens is 1. The Labute approximate surface area is 95.5 Å². The normalized spacial score (nSPS) is 10.8. The number of nitrogens with zero attached hydrogens (tertiary/aromatic N) is 1. The minimum atomic E-state index is 1.00. The molecule has 0 bridgehead atoms. The Morgan fingerprint density at radius 1 is 1.50 bits per heavy atom. The highest BCUT2D eigenvalue weighted by atomic mass is 79.9. The SMILES string of the molecule is CCc1nc2c(NC)cc(Br)cc2s1. The molecule has 0 spiro atoms. The van der Waals surface area contributed by atoms with Crippen LogP contribution in [0.5, 0.6) is 0 Å². The molecule has 0 unspecified atom stereocenters. The molecule has 1 aromatic heterocycles. The highest BCUT2D eigenvalue weighted by Gasteiger charge is 2.07. The van der Waals surface area contributed by atoms with E-state index < -0.39 is 0 Å². The van der Waals surface area contributed by atoms with Gasteiger partial charge in [-0.2, -0.15) is 0 Å². The van der Waals surface area contributed by atoms with E-state index in [-0.39, 0.29) is 0 Å². The molecule has 1 heterocycles. The molecule has 2 rings (SSSR count). The van der Waals surface area contributed by atoms with Crippen molar-refractivity contribution in [2.75, 3.05) is 12.4 Å². The Morgan fingerprint density at radius 3 is 2.93 bits per heavy atom. The van der Waals surface area contributed by atoms with E-state index in [2.05, 4.69) is 45.3 Å². The number of rotatable bonds is 2. The van der Waals surface area contributed by atoms with Crippen LogP contribution in [0.4, 0.5) is 5.69 Å². The van der Waals surface area contributed by atoms with Crippen LogP contribution in [0.2, 0.25) is 0 Å². The van der Waals surface area contributed by atoms with Gasteiger partial charge < -0.3 is 5.32 Å². The summed E-state index contributed by atoms with van der Waals surface area (Å²) in [4.78, 5) is 4.58. The summed E-state index contributed by atoms with van der Waals surface area (Å²) in [6.45, 7) is 2.13. The van der Waals surface area contributed by atoms with Gasteiger partial charge in [0.1, 0.15) is 5.52 Å². The Kier molecular flexibility index (Phi) is 2.74. The van der Waals surface area contributed by atoms with Crippen LogP contribution in [0.15, 0.2) is 16.6 Å². The lowest BCUT2D eigenvalue weighted by Crippen LogP contribution is -1.89. The minimum absolute atomic E-state index is 1.00. The van der Waals surface area contributed by atoms with Crippen LogP contribution < -0.4 is 5.32 Å². The van der Waals surface area contributed by atoms with Crippen LogP contribution in [0.25, 0.3) is 10.2 Å². The lowest BCUT2D eigenvalue weighted by molar-refractivity contribution is 1.11. The third-order valence-corrected chi connectivity index (χ3v) is 3.68. The smallest absolute Gasteiger partial charge is 0.105 e. The molecule has 0 atom stereocenters. The Hall–Kier alpha value is -0.610. The summed E-state index contributed by atoms with van der Waals surface area (Å²) >= 11 is 5.25. The zero-order valence-electron chi connectivity index (χ0n) is 8.10. The monoisotopic (exact) mass is 270 g/mol. The lowest BCUT2D eigenvalue weighted by atomic mass is 10.3. The van der Waals surface area contributed by atoms with Crippen molar-refractivity contribution < 1.29 is 0 Å². The van der Waals surface area contributed by atoms with Crippen molar-refractivity contribution in [3.05, 3.63) is 21.6 Å². The molecule has 0 amide bonds. The van der Waals surface area contributed by atoms with Crippen LogP contribution in [0.3, 0.4) is 0 Å². The number of halogens is 1. The molecular weight excluding hydrogens is 260 g/mol. The molecule has 0 aliphatic carbocycles. The Balaban J connectivity index is 2.71. The Morgan fingerprint density at radius 2 is 2.29 bits per heavy atom. The van der Waals surface area contributed by atoms with Crippen molar-refractivity contribution >= 4 is 43.2 Å². The molecule has 4 heteroatoms. The van der Waals surface area contributed by atoms with Crippen LogP contribution in [-0.2, 0) is 6.42 Å². The van der Waals surface area contributed by atoms with Crippen molar-refractivity contribution in [3.8, 4) is 0 Å². The fourth-order valence-electron chi connectivity index (χ4n) is 1.38. The number of fused-ring (bicyclic) bond motifs is 1. The second-order valence-corrected chi connectivity index (χ2v) is 5.04. The highest BCUT2D eigenvalue weighted by Crippen LogP contribution is 2.31. The van der Waals surface area contributed by atoms with Crippen LogP contribution in [0.1, 0.15) is 11.9 Å². The van der Waals surface area contributed by atoms with E-state index in [4.69, 9.17) is 0 Å². The van der Waals surface area contributed by atoms with E-state index in [1.807, 2.05) is 7.05 Å². The van der Waals surface area contributed by atoms with E-state index in [1.165, 1.54) is 9.71 Å². The van der Waals surface area contributed by atoms with Crippen LogP contribution in [0, 0.1) is 0 Å². The third kappa shape index (κ3) is 1.64. The first-order valence-corrected chi connectivity index (χ1v) is 6.12. The summed E-state index contributed by atoms with van der Waals surface area (Å²) in [5.41, 5.74) is 2.17. The second kappa shape index (κ2) is 3.87. The summed E-state index contributed by atoms with van der Waals surface area (Å²) in [5.74, 6) is 0. The molecule has 0 aliphatic heterocycles. The predicted octanol–water partition coefficient (Wildman–Crippen LogP) is 3.66. The first-order valence-electron chi connectivity index (χ1n) is 4.51. The van der Waals surface area contributed by atoms with Crippen molar-refractivity contribution in [1.82, 2.24) is 4.98 Å². The highest BCUT2D eigenvalue weighted by molar-refractivity contribution is 9.10. The maximum atomic E-state index is 4.58. The van der Waals surface area contributed by atoms with Crippen molar-refractivity contribution in [2.45, 2.75) is 13.3 Å². The van der Waals surface area contributed by atoms with E-state index in [0.29, 0.717) is 0 Å². The maximum Gasteiger partial charge on any atom is 0.105 e. The first kappa shape index (κ1) is 9.93. The number of nitrogens with one attached hydrogen (secondary N) is 1. The van der Waals surface area contributed by atoms with Gasteiger partial charge in [-0.25, -0.2) is 4.98 Å². The average molecular weight is 271 g/mol. The quantitative estimate of drug-likeness (QED) is 0.901. The number of thiazole rings is 1. The summed E-state index contributed by atoms with van der Waals surface area (Å²) in [5, 5.41) is 4.35. The van der Waals surface area contributed by atoms with Crippen molar-refractivity contribution in [1.29, 1.82) is 0 Å². The van der Waals surface area contributed by atoms with Crippen LogP contribution in [-0.4, -0.2) is 12.0 Å². The van der Waals surface area contributed by atoms with Gasteiger partial charge in [0.25, 0.3) is 0 Å². The summed E-state index contributed by atoms with van der Waals surface area (Å²) < 4.78 is 2.33. The first-order chi connectivity index (χ1) is 6.74. The lowest BCUT2D eigenvalue weighted by Gasteiger charge is -2.01. The molecule has 74 valence electrons. The van der Waals surface area contributed by atoms with Gasteiger partial charge in [-0.3, -0.25) is 0 Å². The largest absolute Gasteiger partial charge is 0.386 e. The molecule has 2 aromatic rings. The van der Waals surface area contributed by atoms with E-state index in [9.17, 15) is 0 Å². The molecule has 1 aromatic carbocycles. The van der Waals surface area contributed by atoms with Gasteiger partial charge in [0.2, 0.25) is 0 Å². The zero-order valence-corrected chi connectivity index (χ0v) is 10.5. The summed E-state index contributed by atoms with van der Waals surface area (Å²) in [7, 11) is 1.92. The van der Waals surface area contributed by atoms with Gasteiger partial charge in [-0.05, 0) is 18.6 Å². The molecule has 0 saturated carbocycles.